The predicted molar refractivity (Wildman–Crippen MR) is 189 cm³/mol. The SMILES string of the molecule is CC1=NN(c2ccc(S(=O)(=O)O)cc2)C(=O)/C1=C/c1ccc(OCOc2ccc(/C=C3/C(=O)N(c4ccc(S(=O)(=O)O)cc4)N=C3C)cc2)cc1. The molecule has 4 aromatic carbocycles. The molecule has 0 saturated carbocycles. The summed E-state index contributed by atoms with van der Waals surface area (Å²) in [6.07, 6.45) is 3.36. The lowest BCUT2D eigenvalue weighted by Crippen LogP contribution is -2.21. The number of ether oxygens (including phenoxy) is 2. The van der Waals surface area contributed by atoms with Crippen LogP contribution < -0.4 is 19.5 Å². The zero-order valence-electron chi connectivity index (χ0n) is 26.9. The lowest BCUT2D eigenvalue weighted by atomic mass is 10.1. The van der Waals surface area contributed by atoms with Crippen molar-refractivity contribution in [3.8, 4) is 11.5 Å². The summed E-state index contributed by atoms with van der Waals surface area (Å²) in [5, 5.41) is 10.9. The van der Waals surface area contributed by atoms with Crippen LogP contribution in [-0.2, 0) is 29.8 Å². The van der Waals surface area contributed by atoms with Crippen molar-refractivity contribution < 1.29 is 45.0 Å². The van der Waals surface area contributed by atoms with Gasteiger partial charge >= 0.3 is 0 Å². The van der Waals surface area contributed by atoms with Gasteiger partial charge in [0, 0.05) is 0 Å². The summed E-state index contributed by atoms with van der Waals surface area (Å²) in [4.78, 5) is 25.6. The van der Waals surface area contributed by atoms with Crippen LogP contribution >= 0.6 is 0 Å². The fourth-order valence-corrected chi connectivity index (χ4v) is 6.02. The Hall–Kier alpha value is -5.94. The summed E-state index contributed by atoms with van der Waals surface area (Å²) < 4.78 is 75.1. The van der Waals surface area contributed by atoms with Gasteiger partial charge in [0.15, 0.2) is 0 Å². The lowest BCUT2D eigenvalue weighted by Gasteiger charge is -2.12. The van der Waals surface area contributed by atoms with Crippen LogP contribution in [0.3, 0.4) is 0 Å². The molecule has 2 N–H and O–H groups in total. The molecule has 4 aromatic rings. The first-order chi connectivity index (χ1) is 24.2. The Morgan fingerprint density at radius 2 is 0.902 bits per heavy atom. The molecule has 14 nitrogen and oxygen atoms in total. The zero-order chi connectivity index (χ0) is 36.5. The molecule has 16 heteroatoms. The van der Waals surface area contributed by atoms with E-state index in [1.54, 1.807) is 74.5 Å². The van der Waals surface area contributed by atoms with E-state index >= 15 is 0 Å². The number of hydrogen-bond acceptors (Lipinski definition) is 10. The van der Waals surface area contributed by atoms with Crippen molar-refractivity contribution in [1.29, 1.82) is 0 Å². The van der Waals surface area contributed by atoms with E-state index in [-0.39, 0.29) is 16.6 Å². The van der Waals surface area contributed by atoms with Gasteiger partial charge in [0.2, 0.25) is 6.79 Å². The number of carbonyl (C=O) groups excluding carboxylic acids is 2. The average molecular weight is 729 g/mol. The number of carbonyl (C=O) groups is 2. The third kappa shape index (κ3) is 7.79. The molecule has 0 bridgehead atoms. The Morgan fingerprint density at radius 3 is 1.22 bits per heavy atom. The Kier molecular flexibility index (Phi) is 9.42. The Balaban J connectivity index is 1.02. The van der Waals surface area contributed by atoms with Crippen LogP contribution in [0.5, 0.6) is 11.5 Å². The third-order valence-electron chi connectivity index (χ3n) is 7.72. The van der Waals surface area contributed by atoms with Gasteiger partial charge in [-0.05, 0) is 110 Å². The van der Waals surface area contributed by atoms with E-state index < -0.39 is 32.1 Å². The number of amides is 2. The molecule has 6 rings (SSSR count). The fraction of sp³-hybridized carbons (Fsp3) is 0.0857. The second-order valence-electron chi connectivity index (χ2n) is 11.2. The first-order valence-corrected chi connectivity index (χ1v) is 17.9. The molecule has 0 saturated heterocycles. The highest BCUT2D eigenvalue weighted by Crippen LogP contribution is 2.28. The third-order valence-corrected chi connectivity index (χ3v) is 9.45. The van der Waals surface area contributed by atoms with E-state index in [2.05, 4.69) is 10.2 Å². The van der Waals surface area contributed by atoms with E-state index in [1.165, 1.54) is 48.5 Å². The minimum absolute atomic E-state index is 0.0912. The predicted octanol–water partition coefficient (Wildman–Crippen LogP) is 5.21. The smallest absolute Gasteiger partial charge is 0.294 e. The van der Waals surface area contributed by atoms with E-state index in [9.17, 15) is 35.5 Å². The van der Waals surface area contributed by atoms with Gasteiger partial charge in [0.05, 0.1) is 43.7 Å². The highest BCUT2D eigenvalue weighted by Gasteiger charge is 2.30. The summed E-state index contributed by atoms with van der Waals surface area (Å²) in [6.45, 7) is 3.28. The summed E-state index contributed by atoms with van der Waals surface area (Å²) in [5.74, 6) is 0.256. The van der Waals surface area contributed by atoms with Crippen molar-refractivity contribution in [3.05, 3.63) is 119 Å². The molecule has 51 heavy (non-hydrogen) atoms. The van der Waals surface area contributed by atoms with E-state index in [1.807, 2.05) is 0 Å². The molecule has 2 aliphatic rings. The van der Waals surface area contributed by atoms with Gasteiger partial charge < -0.3 is 9.47 Å². The fourth-order valence-electron chi connectivity index (χ4n) is 5.06. The minimum atomic E-state index is -4.36. The van der Waals surface area contributed by atoms with Crippen molar-refractivity contribution in [1.82, 2.24) is 0 Å². The van der Waals surface area contributed by atoms with Gasteiger partial charge in [-0.1, -0.05) is 24.3 Å². The zero-order valence-corrected chi connectivity index (χ0v) is 28.5. The number of anilines is 2. The van der Waals surface area contributed by atoms with Gasteiger partial charge in [-0.3, -0.25) is 18.7 Å². The molecule has 0 atom stereocenters. The molecule has 0 spiro atoms. The largest absolute Gasteiger partial charge is 0.458 e. The maximum absolute atomic E-state index is 13.1. The second kappa shape index (κ2) is 13.8. The van der Waals surface area contributed by atoms with Gasteiger partial charge in [0.25, 0.3) is 32.1 Å². The number of nitrogens with zero attached hydrogens (tertiary/aromatic N) is 4. The molecule has 0 aromatic heterocycles. The van der Waals surface area contributed by atoms with Crippen LogP contribution in [0.15, 0.2) is 128 Å². The highest BCUT2D eigenvalue weighted by molar-refractivity contribution is 7.86. The van der Waals surface area contributed by atoms with Gasteiger partial charge in [-0.2, -0.15) is 37.1 Å². The first kappa shape index (κ1) is 34.9. The molecule has 0 fully saturated rings. The van der Waals surface area contributed by atoms with Crippen molar-refractivity contribution in [3.63, 3.8) is 0 Å². The van der Waals surface area contributed by atoms with Crippen LogP contribution in [-0.4, -0.2) is 56.0 Å². The van der Waals surface area contributed by atoms with Crippen molar-refractivity contribution in [2.75, 3.05) is 16.8 Å². The van der Waals surface area contributed by atoms with E-state index in [0.29, 0.717) is 56.6 Å². The minimum Gasteiger partial charge on any atom is -0.458 e. The summed E-state index contributed by atoms with van der Waals surface area (Å²) in [6, 6.07) is 24.2. The summed E-state index contributed by atoms with van der Waals surface area (Å²) >= 11 is 0. The number of rotatable bonds is 10. The molecule has 260 valence electrons. The highest BCUT2D eigenvalue weighted by atomic mass is 32.2. The molecule has 2 heterocycles. The number of hydrazone groups is 2. The van der Waals surface area contributed by atoms with E-state index in [4.69, 9.17) is 9.47 Å². The van der Waals surface area contributed by atoms with Gasteiger partial charge in [0.1, 0.15) is 11.5 Å². The second-order valence-corrected chi connectivity index (χ2v) is 14.0. The average Bonchev–Trinajstić information content (AvgIpc) is 3.54. The van der Waals surface area contributed by atoms with Crippen molar-refractivity contribution in [2.45, 2.75) is 23.6 Å². The molecule has 2 amide bonds. The quantitative estimate of drug-likeness (QED) is 0.124. The van der Waals surface area contributed by atoms with Gasteiger partial charge in [-0.25, -0.2) is 0 Å². The molecule has 2 aliphatic heterocycles. The Bertz CT molecular complexity index is 2200. The maximum atomic E-state index is 13.1. The van der Waals surface area contributed by atoms with Crippen LogP contribution in [0, 0.1) is 0 Å². The molecular formula is C35H28N4O10S2. The Morgan fingerprint density at radius 1 is 0.569 bits per heavy atom. The summed E-state index contributed by atoms with van der Waals surface area (Å²) in [7, 11) is -8.73. The summed E-state index contributed by atoms with van der Waals surface area (Å²) in [5.41, 5.74) is 3.78. The van der Waals surface area contributed by atoms with E-state index in [0.717, 1.165) is 10.0 Å². The number of benzene rings is 4. The standard InChI is InChI=1S/C35H28N4O10S2/c1-22-32(34(40)38(36-22)26-7-15-30(16-8-26)50(42,43)44)19-24-3-11-28(12-4-24)48-21-49-29-13-5-25(6-14-29)20-33-23(2)37-39(35(33)41)27-9-17-31(18-10-27)51(45,46)47/h3-20H,21H2,1-2H3,(H,42,43,44)(H,45,46,47)/b32-19+,33-20+. The first-order valence-electron chi connectivity index (χ1n) is 15.0. The van der Waals surface area contributed by atoms with Crippen molar-refractivity contribution >= 4 is 67.0 Å². The van der Waals surface area contributed by atoms with Crippen molar-refractivity contribution in [2.24, 2.45) is 10.2 Å². The van der Waals surface area contributed by atoms with Gasteiger partial charge in [-0.15, -0.1) is 0 Å². The van der Waals surface area contributed by atoms with Crippen LogP contribution in [0.2, 0.25) is 0 Å². The molecule has 0 unspecified atom stereocenters. The normalized spacial score (nSPS) is 16.5. The number of hydrogen-bond donors (Lipinski definition) is 2. The molecule has 0 radical (unpaired) electrons. The van der Waals surface area contributed by atoms with Crippen LogP contribution in [0.4, 0.5) is 11.4 Å². The monoisotopic (exact) mass is 728 g/mol. The molecular weight excluding hydrogens is 701 g/mol. The van der Waals surface area contributed by atoms with Crippen LogP contribution in [0.1, 0.15) is 25.0 Å². The maximum Gasteiger partial charge on any atom is 0.294 e. The van der Waals surface area contributed by atoms with Crippen LogP contribution in [0.25, 0.3) is 12.2 Å². The lowest BCUT2D eigenvalue weighted by molar-refractivity contribution is -0.115. The molecule has 0 aliphatic carbocycles. The Labute approximate surface area is 292 Å². The topological polar surface area (TPSA) is 193 Å².